The fourth-order valence-corrected chi connectivity index (χ4v) is 3.83. The smallest absolute Gasteiger partial charge is 0.410 e. The van der Waals surface area contributed by atoms with Crippen LogP contribution in [0.4, 0.5) is 10.5 Å². The minimum absolute atomic E-state index is 0.197. The molecule has 0 fully saturated rings. The van der Waals surface area contributed by atoms with Gasteiger partial charge in [-0.2, -0.15) is 0 Å². The SMILES string of the molecule is COCCN1CCCc2cc3c(cc21)CCN(C(=O)OC(C)(C)C)CC3. The van der Waals surface area contributed by atoms with E-state index < -0.39 is 5.60 Å². The van der Waals surface area contributed by atoms with Gasteiger partial charge in [-0.05, 0) is 69.2 Å². The molecule has 0 radical (unpaired) electrons. The Morgan fingerprint density at radius 1 is 1.04 bits per heavy atom. The van der Waals surface area contributed by atoms with E-state index in [9.17, 15) is 4.79 Å². The maximum Gasteiger partial charge on any atom is 0.410 e. The lowest BCUT2D eigenvalue weighted by molar-refractivity contribution is 0.0258. The van der Waals surface area contributed by atoms with Crippen molar-refractivity contribution in [3.05, 3.63) is 28.8 Å². The fourth-order valence-electron chi connectivity index (χ4n) is 3.83. The van der Waals surface area contributed by atoms with Gasteiger partial charge in [0.1, 0.15) is 5.60 Å². The summed E-state index contributed by atoms with van der Waals surface area (Å²) in [6, 6.07) is 4.74. The van der Waals surface area contributed by atoms with Crippen LogP contribution in [0.3, 0.4) is 0 Å². The number of fused-ring (bicyclic) bond motifs is 2. The van der Waals surface area contributed by atoms with E-state index in [1.165, 1.54) is 28.8 Å². The minimum Gasteiger partial charge on any atom is -0.444 e. The summed E-state index contributed by atoms with van der Waals surface area (Å²) in [6.07, 6.45) is 3.93. The molecule has 26 heavy (non-hydrogen) atoms. The third-order valence-corrected chi connectivity index (χ3v) is 5.13. The Bertz CT molecular complexity index is 651. The summed E-state index contributed by atoms with van der Waals surface area (Å²) in [7, 11) is 1.76. The molecule has 1 amide bonds. The van der Waals surface area contributed by atoms with Gasteiger partial charge in [-0.1, -0.05) is 6.07 Å². The Hall–Kier alpha value is -1.75. The molecule has 5 nitrogen and oxygen atoms in total. The lowest BCUT2D eigenvalue weighted by atomic mass is 9.93. The molecule has 144 valence electrons. The molecule has 0 saturated carbocycles. The monoisotopic (exact) mass is 360 g/mol. The van der Waals surface area contributed by atoms with E-state index >= 15 is 0 Å². The van der Waals surface area contributed by atoms with E-state index in [0.717, 1.165) is 52.0 Å². The molecule has 1 aromatic carbocycles. The topological polar surface area (TPSA) is 42.0 Å². The molecule has 5 heteroatoms. The summed E-state index contributed by atoms with van der Waals surface area (Å²) in [5.74, 6) is 0. The molecule has 0 unspecified atom stereocenters. The maximum atomic E-state index is 12.4. The van der Waals surface area contributed by atoms with Crippen LogP contribution < -0.4 is 4.90 Å². The highest BCUT2D eigenvalue weighted by Crippen LogP contribution is 2.32. The zero-order valence-corrected chi connectivity index (χ0v) is 16.6. The number of carbonyl (C=O) groups is 1. The van der Waals surface area contributed by atoms with Gasteiger partial charge < -0.3 is 19.3 Å². The Labute approximate surface area is 157 Å². The van der Waals surface area contributed by atoms with E-state index in [2.05, 4.69) is 17.0 Å². The molecule has 2 heterocycles. The van der Waals surface area contributed by atoms with Gasteiger partial charge in [0.2, 0.25) is 0 Å². The van der Waals surface area contributed by atoms with Crippen molar-refractivity contribution >= 4 is 11.8 Å². The van der Waals surface area contributed by atoms with E-state index in [1.54, 1.807) is 7.11 Å². The van der Waals surface area contributed by atoms with Crippen molar-refractivity contribution in [2.24, 2.45) is 0 Å². The van der Waals surface area contributed by atoms with Crippen LogP contribution >= 0.6 is 0 Å². The number of methoxy groups -OCH3 is 1. The number of nitrogens with zero attached hydrogens (tertiary/aromatic N) is 2. The van der Waals surface area contributed by atoms with Crippen molar-refractivity contribution in [3.8, 4) is 0 Å². The fraction of sp³-hybridized carbons (Fsp3) is 0.667. The Morgan fingerprint density at radius 2 is 1.73 bits per heavy atom. The summed E-state index contributed by atoms with van der Waals surface area (Å²) in [5.41, 5.74) is 5.12. The summed E-state index contributed by atoms with van der Waals surface area (Å²) >= 11 is 0. The van der Waals surface area contributed by atoms with Crippen LogP contribution in [-0.4, -0.2) is 56.5 Å². The van der Waals surface area contributed by atoms with Crippen LogP contribution in [0.2, 0.25) is 0 Å². The molecule has 0 bridgehead atoms. The van der Waals surface area contributed by atoms with Crippen LogP contribution in [0.1, 0.15) is 43.9 Å². The van der Waals surface area contributed by atoms with Crippen LogP contribution in [-0.2, 0) is 28.7 Å². The van der Waals surface area contributed by atoms with Gasteiger partial charge in [0, 0.05) is 39.0 Å². The van der Waals surface area contributed by atoms with Crippen molar-refractivity contribution in [3.63, 3.8) is 0 Å². The van der Waals surface area contributed by atoms with Crippen LogP contribution in [0.15, 0.2) is 12.1 Å². The number of amides is 1. The molecular weight excluding hydrogens is 328 g/mol. The second-order valence-electron chi connectivity index (χ2n) is 8.30. The molecule has 0 atom stereocenters. The van der Waals surface area contributed by atoms with Crippen molar-refractivity contribution in [1.82, 2.24) is 4.90 Å². The molecule has 0 aliphatic carbocycles. The van der Waals surface area contributed by atoms with Crippen molar-refractivity contribution in [1.29, 1.82) is 0 Å². The molecule has 0 spiro atoms. The average Bonchev–Trinajstić information content (AvgIpc) is 2.78. The van der Waals surface area contributed by atoms with Crippen LogP contribution in [0.25, 0.3) is 0 Å². The summed E-state index contributed by atoms with van der Waals surface area (Å²) in [4.78, 5) is 16.7. The third-order valence-electron chi connectivity index (χ3n) is 5.13. The Kier molecular flexibility index (Phi) is 5.76. The van der Waals surface area contributed by atoms with Crippen molar-refractivity contribution in [2.75, 3.05) is 44.8 Å². The maximum absolute atomic E-state index is 12.4. The first-order chi connectivity index (χ1) is 12.4. The number of hydrogen-bond acceptors (Lipinski definition) is 4. The van der Waals surface area contributed by atoms with Crippen molar-refractivity contribution in [2.45, 2.75) is 52.1 Å². The normalized spacial score (nSPS) is 17.4. The summed E-state index contributed by atoms with van der Waals surface area (Å²) in [6.45, 7) is 9.99. The zero-order valence-electron chi connectivity index (χ0n) is 16.6. The second-order valence-corrected chi connectivity index (χ2v) is 8.30. The van der Waals surface area contributed by atoms with E-state index in [-0.39, 0.29) is 6.09 Å². The highest BCUT2D eigenvalue weighted by Gasteiger charge is 2.26. The van der Waals surface area contributed by atoms with Crippen LogP contribution in [0, 0.1) is 0 Å². The van der Waals surface area contributed by atoms with Gasteiger partial charge in [0.05, 0.1) is 6.61 Å². The zero-order chi connectivity index (χ0) is 18.7. The number of ether oxygens (including phenoxy) is 2. The van der Waals surface area contributed by atoms with Crippen LogP contribution in [0.5, 0.6) is 0 Å². The lowest BCUT2D eigenvalue weighted by Gasteiger charge is -2.32. The number of benzene rings is 1. The summed E-state index contributed by atoms with van der Waals surface area (Å²) < 4.78 is 10.8. The quantitative estimate of drug-likeness (QED) is 0.828. The number of rotatable bonds is 3. The first-order valence-corrected chi connectivity index (χ1v) is 9.74. The predicted molar refractivity (Wildman–Crippen MR) is 104 cm³/mol. The van der Waals surface area contributed by atoms with Gasteiger partial charge in [0.15, 0.2) is 0 Å². The van der Waals surface area contributed by atoms with E-state index in [0.29, 0.717) is 0 Å². The predicted octanol–water partition coefficient (Wildman–Crippen LogP) is 3.42. The molecule has 0 saturated heterocycles. The largest absolute Gasteiger partial charge is 0.444 e. The first-order valence-electron chi connectivity index (χ1n) is 9.74. The molecule has 0 N–H and O–H groups in total. The van der Waals surface area contributed by atoms with E-state index in [4.69, 9.17) is 9.47 Å². The molecule has 1 aromatic rings. The van der Waals surface area contributed by atoms with Gasteiger partial charge in [-0.3, -0.25) is 0 Å². The minimum atomic E-state index is -0.447. The number of hydrogen-bond donors (Lipinski definition) is 0. The van der Waals surface area contributed by atoms with Crippen molar-refractivity contribution < 1.29 is 14.3 Å². The number of anilines is 1. The molecule has 2 aliphatic rings. The van der Waals surface area contributed by atoms with E-state index in [1.807, 2.05) is 25.7 Å². The Balaban J connectivity index is 1.75. The summed E-state index contributed by atoms with van der Waals surface area (Å²) in [5, 5.41) is 0. The Morgan fingerprint density at radius 3 is 2.38 bits per heavy atom. The molecule has 2 aliphatic heterocycles. The molecule has 0 aromatic heterocycles. The molecule has 3 rings (SSSR count). The van der Waals surface area contributed by atoms with Gasteiger partial charge in [-0.25, -0.2) is 4.79 Å². The second kappa shape index (κ2) is 7.87. The highest BCUT2D eigenvalue weighted by molar-refractivity contribution is 5.68. The number of aryl methyl sites for hydroxylation is 1. The first kappa shape index (κ1) is 19.0. The molecular formula is C21H32N2O3. The average molecular weight is 360 g/mol. The van der Waals surface area contributed by atoms with Gasteiger partial charge in [-0.15, -0.1) is 0 Å². The lowest BCUT2D eigenvalue weighted by Crippen LogP contribution is -2.38. The van der Waals surface area contributed by atoms with Gasteiger partial charge >= 0.3 is 6.09 Å². The highest BCUT2D eigenvalue weighted by atomic mass is 16.6. The standard InChI is InChI=1S/C21H32N2O3/c1-21(2,3)26-20(24)23-10-7-16-14-18-6-5-9-22(12-13-25-4)19(18)15-17(16)8-11-23/h14-15H,5-13H2,1-4H3. The number of carbonyl (C=O) groups excluding carboxylic acids is 1. The van der Waals surface area contributed by atoms with Gasteiger partial charge in [0.25, 0.3) is 0 Å². The third kappa shape index (κ3) is 4.50.